The molecule has 0 amide bonds. The Balaban J connectivity index is 0.000000293. The zero-order valence-electron chi connectivity index (χ0n) is 9.72. The predicted octanol–water partition coefficient (Wildman–Crippen LogP) is 4.54. The molecule has 0 aliphatic heterocycles. The molecule has 0 fully saturated rings. The van der Waals surface area contributed by atoms with E-state index in [2.05, 4.69) is 45.0 Å². The Kier molecular flexibility index (Phi) is 4.72. The summed E-state index contributed by atoms with van der Waals surface area (Å²) >= 11 is 0. The monoisotopic (exact) mass is 190 g/mol. The second-order valence-electron chi connectivity index (χ2n) is 4.05. The van der Waals surface area contributed by atoms with Crippen LogP contribution in [0.25, 0.3) is 0 Å². The van der Waals surface area contributed by atoms with Crippen LogP contribution >= 0.6 is 0 Å². The lowest BCUT2D eigenvalue weighted by atomic mass is 9.99. The van der Waals surface area contributed by atoms with Gasteiger partial charge in [0.05, 0.1) is 0 Å². The fourth-order valence-electron chi connectivity index (χ4n) is 2.07. The molecule has 0 nitrogen and oxygen atoms in total. The molecule has 2 rings (SSSR count). The van der Waals surface area contributed by atoms with E-state index in [1.165, 1.54) is 25.7 Å². The van der Waals surface area contributed by atoms with Crippen LogP contribution in [0.2, 0.25) is 0 Å². The zero-order valence-corrected chi connectivity index (χ0v) is 9.72. The third-order valence-corrected chi connectivity index (χ3v) is 2.75. The molecule has 14 heavy (non-hydrogen) atoms. The van der Waals surface area contributed by atoms with Gasteiger partial charge in [-0.25, -0.2) is 0 Å². The maximum absolute atomic E-state index is 2.29. The van der Waals surface area contributed by atoms with E-state index >= 15 is 0 Å². The van der Waals surface area contributed by atoms with Gasteiger partial charge in [0.25, 0.3) is 0 Å². The molecule has 0 spiro atoms. The smallest absolute Gasteiger partial charge is 0.0159 e. The van der Waals surface area contributed by atoms with Gasteiger partial charge in [-0.3, -0.25) is 0 Å². The highest BCUT2D eigenvalue weighted by molar-refractivity contribution is 5.34. The molecular weight excluding hydrogens is 168 g/mol. The van der Waals surface area contributed by atoms with Crippen LogP contribution in [0.15, 0.2) is 24.3 Å². The maximum Gasteiger partial charge on any atom is -0.0159 e. The van der Waals surface area contributed by atoms with Crippen molar-refractivity contribution in [2.75, 3.05) is 0 Å². The van der Waals surface area contributed by atoms with Gasteiger partial charge in [0.1, 0.15) is 0 Å². The van der Waals surface area contributed by atoms with E-state index in [0.29, 0.717) is 0 Å². The van der Waals surface area contributed by atoms with Crippen molar-refractivity contribution in [3.05, 3.63) is 35.4 Å². The van der Waals surface area contributed by atoms with Crippen molar-refractivity contribution >= 4 is 0 Å². The van der Waals surface area contributed by atoms with Crippen molar-refractivity contribution in [1.82, 2.24) is 0 Å². The highest BCUT2D eigenvalue weighted by atomic mass is 14.2. The van der Waals surface area contributed by atoms with Crippen LogP contribution in [0.3, 0.4) is 0 Å². The SMILES string of the molecule is CCC.CC[C@@H]1CCc2ccccc21. The Hall–Kier alpha value is -0.780. The second kappa shape index (κ2) is 5.85. The summed E-state index contributed by atoms with van der Waals surface area (Å²) in [6, 6.07) is 8.87. The van der Waals surface area contributed by atoms with Gasteiger partial charge in [-0.1, -0.05) is 51.5 Å². The normalized spacial score (nSPS) is 18.4. The van der Waals surface area contributed by atoms with Crippen LogP contribution < -0.4 is 0 Å². The molecule has 0 unspecified atom stereocenters. The molecule has 0 aromatic heterocycles. The summed E-state index contributed by atoms with van der Waals surface area (Å²) in [7, 11) is 0. The molecule has 0 heterocycles. The fourth-order valence-corrected chi connectivity index (χ4v) is 2.07. The summed E-state index contributed by atoms with van der Waals surface area (Å²) < 4.78 is 0. The van der Waals surface area contributed by atoms with Gasteiger partial charge in [-0.15, -0.1) is 0 Å². The molecule has 1 aliphatic rings. The topological polar surface area (TPSA) is 0 Å². The Morgan fingerprint density at radius 2 is 1.79 bits per heavy atom. The van der Waals surface area contributed by atoms with Gasteiger partial charge in [-0.2, -0.15) is 0 Å². The van der Waals surface area contributed by atoms with Gasteiger partial charge < -0.3 is 0 Å². The molecule has 78 valence electrons. The summed E-state index contributed by atoms with van der Waals surface area (Å²) in [5.74, 6) is 0.853. The van der Waals surface area contributed by atoms with E-state index < -0.39 is 0 Å². The molecule has 1 atom stereocenters. The summed E-state index contributed by atoms with van der Waals surface area (Å²) in [5.41, 5.74) is 3.19. The van der Waals surface area contributed by atoms with Crippen LogP contribution in [-0.4, -0.2) is 0 Å². The average molecular weight is 190 g/mol. The van der Waals surface area contributed by atoms with E-state index in [-0.39, 0.29) is 0 Å². The molecule has 0 N–H and O–H groups in total. The lowest BCUT2D eigenvalue weighted by Crippen LogP contribution is -1.88. The van der Waals surface area contributed by atoms with Crippen LogP contribution in [0.4, 0.5) is 0 Å². The Morgan fingerprint density at radius 1 is 1.14 bits per heavy atom. The molecular formula is C14H22. The van der Waals surface area contributed by atoms with Crippen LogP contribution in [0.1, 0.15) is 57.1 Å². The first-order valence-corrected chi connectivity index (χ1v) is 5.91. The third kappa shape index (κ3) is 2.60. The molecule has 0 bridgehead atoms. The first kappa shape index (κ1) is 11.3. The number of benzene rings is 1. The number of rotatable bonds is 1. The standard InChI is InChI=1S/C11H14.C3H8/c1-2-9-7-8-10-5-3-4-6-11(9)10;1-3-2/h3-6,9H,2,7-8H2,1H3;3H2,1-2H3/t9-;/m1./s1. The molecule has 0 saturated heterocycles. The Bertz CT molecular complexity index is 262. The minimum Gasteiger partial charge on any atom is -0.0656 e. The van der Waals surface area contributed by atoms with Gasteiger partial charge >= 0.3 is 0 Å². The number of fused-ring (bicyclic) bond motifs is 1. The minimum atomic E-state index is 0.853. The zero-order chi connectivity index (χ0) is 10.4. The van der Waals surface area contributed by atoms with E-state index in [1.54, 1.807) is 11.1 Å². The maximum atomic E-state index is 2.29. The van der Waals surface area contributed by atoms with Crippen LogP contribution in [0.5, 0.6) is 0 Å². The van der Waals surface area contributed by atoms with Crippen molar-refractivity contribution in [1.29, 1.82) is 0 Å². The van der Waals surface area contributed by atoms with Crippen LogP contribution in [-0.2, 0) is 6.42 Å². The number of hydrogen-bond acceptors (Lipinski definition) is 0. The molecule has 0 saturated carbocycles. The summed E-state index contributed by atoms with van der Waals surface area (Å²) in [6.07, 6.45) is 5.22. The first-order valence-electron chi connectivity index (χ1n) is 5.91. The van der Waals surface area contributed by atoms with Crippen LogP contribution in [0, 0.1) is 0 Å². The summed E-state index contributed by atoms with van der Waals surface area (Å²) in [5, 5.41) is 0. The number of aryl methyl sites for hydroxylation is 1. The predicted molar refractivity (Wildman–Crippen MR) is 63.8 cm³/mol. The van der Waals surface area contributed by atoms with Crippen molar-refractivity contribution in [3.8, 4) is 0 Å². The van der Waals surface area contributed by atoms with E-state index in [0.717, 1.165) is 5.92 Å². The summed E-state index contributed by atoms with van der Waals surface area (Å²) in [4.78, 5) is 0. The van der Waals surface area contributed by atoms with E-state index in [9.17, 15) is 0 Å². The lowest BCUT2D eigenvalue weighted by molar-refractivity contribution is 0.656. The lowest BCUT2D eigenvalue weighted by Gasteiger charge is -2.06. The van der Waals surface area contributed by atoms with Gasteiger partial charge in [0.2, 0.25) is 0 Å². The van der Waals surface area contributed by atoms with Crippen molar-refractivity contribution in [2.45, 2.75) is 52.4 Å². The highest BCUT2D eigenvalue weighted by Crippen LogP contribution is 2.34. The quantitative estimate of drug-likeness (QED) is 0.609. The van der Waals surface area contributed by atoms with Crippen molar-refractivity contribution < 1.29 is 0 Å². The molecule has 1 aromatic rings. The van der Waals surface area contributed by atoms with Gasteiger partial charge in [0, 0.05) is 0 Å². The second-order valence-corrected chi connectivity index (χ2v) is 4.05. The average Bonchev–Trinajstić information content (AvgIpc) is 2.62. The summed E-state index contributed by atoms with van der Waals surface area (Å²) in [6.45, 7) is 6.53. The Morgan fingerprint density at radius 3 is 2.43 bits per heavy atom. The molecule has 0 radical (unpaired) electrons. The third-order valence-electron chi connectivity index (χ3n) is 2.75. The van der Waals surface area contributed by atoms with Gasteiger partial charge in [0.15, 0.2) is 0 Å². The van der Waals surface area contributed by atoms with Crippen molar-refractivity contribution in [2.24, 2.45) is 0 Å². The molecule has 0 heteroatoms. The highest BCUT2D eigenvalue weighted by Gasteiger charge is 2.19. The Labute approximate surface area is 88.4 Å². The number of hydrogen-bond donors (Lipinski definition) is 0. The molecule has 1 aromatic carbocycles. The van der Waals surface area contributed by atoms with E-state index in [1.807, 2.05) is 0 Å². The largest absolute Gasteiger partial charge is 0.0656 e. The van der Waals surface area contributed by atoms with E-state index in [4.69, 9.17) is 0 Å². The van der Waals surface area contributed by atoms with Crippen molar-refractivity contribution in [3.63, 3.8) is 0 Å². The van der Waals surface area contributed by atoms with Gasteiger partial charge in [-0.05, 0) is 36.3 Å². The fraction of sp³-hybridized carbons (Fsp3) is 0.571. The first-order chi connectivity index (χ1) is 6.83. The molecule has 1 aliphatic carbocycles. The minimum absolute atomic E-state index is 0.853.